The van der Waals surface area contributed by atoms with E-state index in [0.29, 0.717) is 6.42 Å². The van der Waals surface area contributed by atoms with Crippen molar-refractivity contribution < 1.29 is 29.6 Å². The number of primary sulfonamides is 1. The SMILES string of the molecule is Cc1cc(S(=O)(=O)[C@@H]2CS(=O)(=O)C[C@H]2NCCc2ccc(S(N)(=O)=O)cc2)ccc1F. The smallest absolute Gasteiger partial charge is 0.238 e. The van der Waals surface area contributed by atoms with Crippen LogP contribution < -0.4 is 10.5 Å². The van der Waals surface area contributed by atoms with E-state index in [1.54, 1.807) is 12.1 Å². The lowest BCUT2D eigenvalue weighted by Crippen LogP contribution is -2.44. The Morgan fingerprint density at radius 1 is 1.03 bits per heavy atom. The van der Waals surface area contributed by atoms with Crippen molar-refractivity contribution in [1.82, 2.24) is 5.32 Å². The van der Waals surface area contributed by atoms with Crippen molar-refractivity contribution in [3.8, 4) is 0 Å². The van der Waals surface area contributed by atoms with E-state index in [-0.39, 0.29) is 27.7 Å². The summed E-state index contributed by atoms with van der Waals surface area (Å²) in [6, 6.07) is 8.50. The molecule has 0 amide bonds. The van der Waals surface area contributed by atoms with Crippen LogP contribution >= 0.6 is 0 Å². The predicted octanol–water partition coefficient (Wildman–Crippen LogP) is 0.553. The molecule has 0 radical (unpaired) electrons. The first kappa shape index (κ1) is 23.8. The number of benzene rings is 2. The molecule has 170 valence electrons. The molecule has 2 atom stereocenters. The number of hydrogen-bond donors (Lipinski definition) is 2. The van der Waals surface area contributed by atoms with Gasteiger partial charge in [0.1, 0.15) is 5.82 Å². The van der Waals surface area contributed by atoms with Crippen LogP contribution in [0.1, 0.15) is 11.1 Å². The minimum Gasteiger partial charge on any atom is -0.311 e. The first-order chi connectivity index (χ1) is 14.3. The second-order valence-electron chi connectivity index (χ2n) is 7.57. The van der Waals surface area contributed by atoms with Crippen molar-refractivity contribution in [2.75, 3.05) is 18.1 Å². The highest BCUT2D eigenvalue weighted by atomic mass is 32.2. The van der Waals surface area contributed by atoms with Crippen LogP contribution in [0.4, 0.5) is 4.39 Å². The molecule has 0 aliphatic carbocycles. The van der Waals surface area contributed by atoms with Gasteiger partial charge in [-0.25, -0.2) is 34.8 Å². The van der Waals surface area contributed by atoms with Gasteiger partial charge >= 0.3 is 0 Å². The second kappa shape index (κ2) is 8.58. The molecule has 1 aliphatic heterocycles. The molecule has 2 aromatic carbocycles. The number of nitrogens with two attached hydrogens (primary N) is 1. The minimum atomic E-state index is -4.00. The summed E-state index contributed by atoms with van der Waals surface area (Å²) in [5.41, 5.74) is 0.934. The summed E-state index contributed by atoms with van der Waals surface area (Å²) in [6.45, 7) is 1.72. The lowest BCUT2D eigenvalue weighted by Gasteiger charge is -2.20. The van der Waals surface area contributed by atoms with Crippen molar-refractivity contribution >= 4 is 29.7 Å². The van der Waals surface area contributed by atoms with Crippen LogP contribution in [0.2, 0.25) is 0 Å². The van der Waals surface area contributed by atoms with Gasteiger partial charge in [-0.2, -0.15) is 0 Å². The zero-order valence-electron chi connectivity index (χ0n) is 16.7. The van der Waals surface area contributed by atoms with Gasteiger partial charge in [0.25, 0.3) is 0 Å². The van der Waals surface area contributed by atoms with Crippen LogP contribution in [0.3, 0.4) is 0 Å². The fraction of sp³-hybridized carbons (Fsp3) is 0.368. The quantitative estimate of drug-likeness (QED) is 0.540. The number of nitrogens with one attached hydrogen (secondary N) is 1. The molecule has 1 fully saturated rings. The van der Waals surface area contributed by atoms with Crippen LogP contribution in [-0.4, -0.2) is 54.6 Å². The van der Waals surface area contributed by atoms with Crippen LogP contribution in [0.25, 0.3) is 0 Å². The van der Waals surface area contributed by atoms with Crippen LogP contribution in [0, 0.1) is 12.7 Å². The summed E-state index contributed by atoms with van der Waals surface area (Å²) < 4.78 is 86.7. The lowest BCUT2D eigenvalue weighted by atomic mass is 10.1. The Kier molecular flexibility index (Phi) is 6.59. The normalized spacial score (nSPS) is 21.3. The van der Waals surface area contributed by atoms with E-state index in [2.05, 4.69) is 5.32 Å². The van der Waals surface area contributed by atoms with Gasteiger partial charge in [-0.1, -0.05) is 12.1 Å². The van der Waals surface area contributed by atoms with Gasteiger partial charge in [0.2, 0.25) is 10.0 Å². The molecule has 1 heterocycles. The third-order valence-electron chi connectivity index (χ3n) is 5.23. The summed E-state index contributed by atoms with van der Waals surface area (Å²) in [5.74, 6) is -1.37. The summed E-state index contributed by atoms with van der Waals surface area (Å²) >= 11 is 0. The molecule has 1 saturated heterocycles. The number of sulfone groups is 2. The van der Waals surface area contributed by atoms with Crippen molar-refractivity contribution in [2.24, 2.45) is 5.14 Å². The van der Waals surface area contributed by atoms with Crippen LogP contribution in [0.15, 0.2) is 52.3 Å². The molecular weight excluding hydrogens is 467 g/mol. The number of hydrogen-bond acceptors (Lipinski definition) is 7. The van der Waals surface area contributed by atoms with E-state index >= 15 is 0 Å². The molecule has 1 aliphatic rings. The maximum Gasteiger partial charge on any atom is 0.238 e. The first-order valence-electron chi connectivity index (χ1n) is 9.35. The molecule has 0 spiro atoms. The highest BCUT2D eigenvalue weighted by Crippen LogP contribution is 2.27. The van der Waals surface area contributed by atoms with E-state index in [1.165, 1.54) is 25.1 Å². The number of sulfonamides is 1. The molecule has 12 heteroatoms. The summed E-state index contributed by atoms with van der Waals surface area (Å²) in [5, 5.41) is 6.88. The van der Waals surface area contributed by atoms with Gasteiger partial charge in [0, 0.05) is 6.04 Å². The standard InChI is InChI=1S/C19H23FN2O6S3/c1-13-10-16(6-7-17(13)20)30(25,26)19-12-29(23,24)11-18(19)22-9-8-14-2-4-15(5-3-14)31(21,27)28/h2-7,10,18-19,22H,8-9,11-12H2,1H3,(H2,21,27,28)/t18-,19-/m1/s1. The Bertz CT molecular complexity index is 1290. The van der Waals surface area contributed by atoms with E-state index < -0.39 is 52.6 Å². The average molecular weight is 491 g/mol. The third kappa shape index (κ3) is 5.50. The zero-order chi connectivity index (χ0) is 23.0. The maximum atomic E-state index is 13.5. The molecule has 2 aromatic rings. The first-order valence-corrected chi connectivity index (χ1v) is 14.3. The number of rotatable bonds is 7. The molecule has 0 saturated carbocycles. The molecule has 31 heavy (non-hydrogen) atoms. The van der Waals surface area contributed by atoms with Gasteiger partial charge in [-0.15, -0.1) is 0 Å². The Morgan fingerprint density at radius 3 is 2.23 bits per heavy atom. The third-order valence-corrected chi connectivity index (χ3v) is 10.3. The molecule has 3 rings (SSSR count). The summed E-state index contributed by atoms with van der Waals surface area (Å²) in [6.07, 6.45) is 0.421. The Morgan fingerprint density at radius 2 is 1.65 bits per heavy atom. The maximum absolute atomic E-state index is 13.5. The highest BCUT2D eigenvalue weighted by molar-refractivity contribution is 7.96. The molecule has 3 N–H and O–H groups in total. The molecule has 0 unspecified atom stereocenters. The Hall–Kier alpha value is -1.86. The number of aryl methyl sites for hydroxylation is 1. The van der Waals surface area contributed by atoms with E-state index in [0.717, 1.165) is 17.7 Å². The van der Waals surface area contributed by atoms with Gasteiger partial charge in [-0.05, 0) is 61.3 Å². The van der Waals surface area contributed by atoms with Gasteiger partial charge < -0.3 is 5.32 Å². The molecule has 0 aromatic heterocycles. The van der Waals surface area contributed by atoms with Crippen molar-refractivity contribution in [3.63, 3.8) is 0 Å². The predicted molar refractivity (Wildman–Crippen MR) is 114 cm³/mol. The Labute approximate surface area is 181 Å². The summed E-state index contributed by atoms with van der Waals surface area (Å²) in [7, 11) is -11.4. The van der Waals surface area contributed by atoms with Crippen molar-refractivity contribution in [3.05, 3.63) is 59.4 Å². The van der Waals surface area contributed by atoms with Gasteiger partial charge in [-0.3, -0.25) is 0 Å². The van der Waals surface area contributed by atoms with E-state index in [1.807, 2.05) is 0 Å². The van der Waals surface area contributed by atoms with Gasteiger partial charge in [0.05, 0.1) is 26.5 Å². The number of halogens is 1. The largest absolute Gasteiger partial charge is 0.311 e. The monoisotopic (exact) mass is 490 g/mol. The molecule has 8 nitrogen and oxygen atoms in total. The fourth-order valence-electron chi connectivity index (χ4n) is 3.53. The summed E-state index contributed by atoms with van der Waals surface area (Å²) in [4.78, 5) is -0.134. The van der Waals surface area contributed by atoms with E-state index in [4.69, 9.17) is 5.14 Å². The molecule has 0 bridgehead atoms. The van der Waals surface area contributed by atoms with Crippen molar-refractivity contribution in [2.45, 2.75) is 34.4 Å². The molecular formula is C19H23FN2O6S3. The second-order valence-corrected chi connectivity index (χ2v) is 13.5. The Balaban J connectivity index is 1.74. The van der Waals surface area contributed by atoms with Crippen LogP contribution in [-0.2, 0) is 36.1 Å². The fourth-order valence-corrected chi connectivity index (χ4v) is 8.84. The topological polar surface area (TPSA) is 140 Å². The lowest BCUT2D eigenvalue weighted by molar-refractivity contribution is 0.528. The van der Waals surface area contributed by atoms with Gasteiger partial charge in [0.15, 0.2) is 19.7 Å². The van der Waals surface area contributed by atoms with E-state index in [9.17, 15) is 29.6 Å². The highest BCUT2D eigenvalue weighted by Gasteiger charge is 2.45. The average Bonchev–Trinajstić information content (AvgIpc) is 2.99. The van der Waals surface area contributed by atoms with Crippen LogP contribution in [0.5, 0.6) is 0 Å². The minimum absolute atomic E-state index is 0.0214. The zero-order valence-corrected chi connectivity index (χ0v) is 19.1. The van der Waals surface area contributed by atoms with Crippen molar-refractivity contribution in [1.29, 1.82) is 0 Å².